The van der Waals surface area contributed by atoms with Gasteiger partial charge in [0.2, 0.25) is 5.88 Å². The molecule has 0 amide bonds. The predicted octanol–water partition coefficient (Wildman–Crippen LogP) is 2.28. The van der Waals surface area contributed by atoms with Crippen molar-refractivity contribution >= 4 is 15.9 Å². The zero-order valence-electron chi connectivity index (χ0n) is 9.10. The summed E-state index contributed by atoms with van der Waals surface area (Å²) in [6.07, 6.45) is 8.93. The summed E-state index contributed by atoms with van der Waals surface area (Å²) in [7, 11) is 0. The van der Waals surface area contributed by atoms with Crippen LogP contribution in [0.2, 0.25) is 0 Å². The summed E-state index contributed by atoms with van der Waals surface area (Å²) < 4.78 is 6.64. The number of nitrogens with zero attached hydrogens (tertiary/aromatic N) is 2. The van der Waals surface area contributed by atoms with E-state index in [4.69, 9.17) is 10.5 Å². The summed E-state index contributed by atoms with van der Waals surface area (Å²) in [6, 6.07) is 0.115. The van der Waals surface area contributed by atoms with Gasteiger partial charge < -0.3 is 10.5 Å². The van der Waals surface area contributed by atoms with E-state index in [1.54, 1.807) is 6.20 Å². The van der Waals surface area contributed by atoms with Crippen LogP contribution in [0.3, 0.4) is 0 Å². The first-order valence-corrected chi connectivity index (χ1v) is 6.44. The average Bonchev–Trinajstić information content (AvgIpc) is 2.48. The third-order valence-corrected chi connectivity index (χ3v) is 3.44. The van der Waals surface area contributed by atoms with Gasteiger partial charge >= 0.3 is 0 Å². The van der Waals surface area contributed by atoms with E-state index in [1.165, 1.54) is 25.6 Å². The van der Waals surface area contributed by atoms with Crippen LogP contribution in [0.4, 0.5) is 0 Å². The molecule has 5 heteroatoms. The lowest BCUT2D eigenvalue weighted by Gasteiger charge is -2.22. The molecule has 1 aromatic heterocycles. The molecule has 1 aromatic rings. The Morgan fingerprint density at radius 1 is 1.31 bits per heavy atom. The van der Waals surface area contributed by atoms with Crippen molar-refractivity contribution in [2.75, 3.05) is 0 Å². The largest absolute Gasteiger partial charge is 0.472 e. The highest BCUT2D eigenvalue weighted by Gasteiger charge is 2.23. The normalized spacial score (nSPS) is 26.1. The summed E-state index contributed by atoms with van der Waals surface area (Å²) in [5, 5.41) is 0. The standard InChI is InChI=1S/C11H16BrN3O/c12-8-6-14-7-15-11(8)16-10-5-3-1-2-4-9(10)13/h6-7,9-10H,1-5,13H2. The molecule has 1 saturated carbocycles. The summed E-state index contributed by atoms with van der Waals surface area (Å²) in [5.41, 5.74) is 6.09. The number of hydrogen-bond acceptors (Lipinski definition) is 4. The first-order valence-electron chi connectivity index (χ1n) is 5.65. The van der Waals surface area contributed by atoms with E-state index in [0.717, 1.165) is 17.3 Å². The third-order valence-electron chi connectivity index (χ3n) is 2.90. The van der Waals surface area contributed by atoms with Crippen molar-refractivity contribution in [2.45, 2.75) is 44.2 Å². The zero-order chi connectivity index (χ0) is 11.4. The van der Waals surface area contributed by atoms with E-state index < -0.39 is 0 Å². The lowest BCUT2D eigenvalue weighted by molar-refractivity contribution is 0.154. The van der Waals surface area contributed by atoms with Gasteiger partial charge in [-0.1, -0.05) is 12.8 Å². The SMILES string of the molecule is NC1CCCCCC1Oc1ncncc1Br. The molecule has 1 fully saturated rings. The van der Waals surface area contributed by atoms with E-state index >= 15 is 0 Å². The molecule has 1 aliphatic rings. The second-order valence-electron chi connectivity index (χ2n) is 4.13. The molecule has 0 spiro atoms. The van der Waals surface area contributed by atoms with Gasteiger partial charge in [-0.15, -0.1) is 0 Å². The molecule has 2 N–H and O–H groups in total. The Labute approximate surface area is 104 Å². The summed E-state index contributed by atoms with van der Waals surface area (Å²) in [5.74, 6) is 0.595. The minimum absolute atomic E-state index is 0.0775. The number of halogens is 1. The van der Waals surface area contributed by atoms with Crippen LogP contribution in [0.5, 0.6) is 5.88 Å². The van der Waals surface area contributed by atoms with Crippen LogP contribution in [0.1, 0.15) is 32.1 Å². The molecule has 0 aliphatic heterocycles. The van der Waals surface area contributed by atoms with Crippen LogP contribution < -0.4 is 10.5 Å². The van der Waals surface area contributed by atoms with Crippen LogP contribution >= 0.6 is 15.9 Å². The van der Waals surface area contributed by atoms with E-state index in [1.807, 2.05) is 0 Å². The number of hydrogen-bond donors (Lipinski definition) is 1. The van der Waals surface area contributed by atoms with Crippen molar-refractivity contribution in [3.8, 4) is 5.88 Å². The smallest absolute Gasteiger partial charge is 0.231 e. The van der Waals surface area contributed by atoms with E-state index in [2.05, 4.69) is 25.9 Å². The van der Waals surface area contributed by atoms with Gasteiger partial charge in [0.1, 0.15) is 12.4 Å². The van der Waals surface area contributed by atoms with Crippen molar-refractivity contribution in [1.29, 1.82) is 0 Å². The van der Waals surface area contributed by atoms with Gasteiger partial charge in [-0.05, 0) is 35.2 Å². The number of nitrogens with two attached hydrogens (primary N) is 1. The van der Waals surface area contributed by atoms with E-state index in [-0.39, 0.29) is 12.1 Å². The Morgan fingerprint density at radius 3 is 2.94 bits per heavy atom. The van der Waals surface area contributed by atoms with Gasteiger partial charge in [0.15, 0.2) is 0 Å². The van der Waals surface area contributed by atoms with Crippen molar-refractivity contribution in [3.63, 3.8) is 0 Å². The van der Waals surface area contributed by atoms with Crippen LogP contribution in [0.25, 0.3) is 0 Å². The van der Waals surface area contributed by atoms with Gasteiger partial charge in [-0.25, -0.2) is 9.97 Å². The van der Waals surface area contributed by atoms with Crippen LogP contribution in [-0.2, 0) is 0 Å². The third kappa shape index (κ3) is 2.92. The first-order chi connectivity index (χ1) is 7.77. The van der Waals surface area contributed by atoms with Gasteiger partial charge in [-0.2, -0.15) is 0 Å². The molecule has 0 bridgehead atoms. The molecule has 1 heterocycles. The minimum atomic E-state index is 0.0775. The van der Waals surface area contributed by atoms with E-state index in [0.29, 0.717) is 5.88 Å². The fraction of sp³-hybridized carbons (Fsp3) is 0.636. The topological polar surface area (TPSA) is 61.0 Å². The van der Waals surface area contributed by atoms with Gasteiger partial charge in [-0.3, -0.25) is 0 Å². The highest BCUT2D eigenvalue weighted by Crippen LogP contribution is 2.25. The number of ether oxygens (including phenoxy) is 1. The molecule has 4 nitrogen and oxygen atoms in total. The molecule has 0 radical (unpaired) electrons. The fourth-order valence-electron chi connectivity index (χ4n) is 1.98. The number of aromatic nitrogens is 2. The summed E-state index contributed by atoms with van der Waals surface area (Å²) in [6.45, 7) is 0. The molecule has 88 valence electrons. The van der Waals surface area contributed by atoms with Crippen LogP contribution in [0.15, 0.2) is 17.0 Å². The molecule has 2 rings (SSSR count). The first kappa shape index (κ1) is 11.8. The lowest BCUT2D eigenvalue weighted by atomic mass is 10.1. The highest BCUT2D eigenvalue weighted by atomic mass is 79.9. The molecular formula is C11H16BrN3O. The van der Waals surface area contributed by atoms with Crippen LogP contribution in [-0.4, -0.2) is 22.1 Å². The molecule has 0 aromatic carbocycles. The van der Waals surface area contributed by atoms with Crippen molar-refractivity contribution in [1.82, 2.24) is 9.97 Å². The van der Waals surface area contributed by atoms with Crippen molar-refractivity contribution in [2.24, 2.45) is 5.73 Å². The Balaban J connectivity index is 2.05. The Bertz CT molecular complexity index is 348. The molecular weight excluding hydrogens is 270 g/mol. The quantitative estimate of drug-likeness (QED) is 0.847. The van der Waals surface area contributed by atoms with E-state index in [9.17, 15) is 0 Å². The maximum Gasteiger partial charge on any atom is 0.231 e. The Hall–Kier alpha value is -0.680. The zero-order valence-corrected chi connectivity index (χ0v) is 10.7. The lowest BCUT2D eigenvalue weighted by Crippen LogP contribution is -2.38. The Kier molecular flexibility index (Phi) is 4.12. The van der Waals surface area contributed by atoms with Gasteiger partial charge in [0.25, 0.3) is 0 Å². The fourth-order valence-corrected chi connectivity index (χ4v) is 2.29. The molecule has 16 heavy (non-hydrogen) atoms. The Morgan fingerprint density at radius 2 is 2.12 bits per heavy atom. The van der Waals surface area contributed by atoms with Crippen molar-refractivity contribution < 1.29 is 4.74 Å². The average molecular weight is 286 g/mol. The summed E-state index contributed by atoms with van der Waals surface area (Å²) in [4.78, 5) is 8.01. The number of rotatable bonds is 2. The molecule has 1 aliphatic carbocycles. The maximum atomic E-state index is 6.09. The molecule has 0 saturated heterocycles. The minimum Gasteiger partial charge on any atom is -0.472 e. The molecule has 2 atom stereocenters. The second kappa shape index (κ2) is 5.59. The van der Waals surface area contributed by atoms with Crippen LogP contribution in [0, 0.1) is 0 Å². The molecule has 2 unspecified atom stereocenters. The monoisotopic (exact) mass is 285 g/mol. The highest BCUT2D eigenvalue weighted by molar-refractivity contribution is 9.10. The van der Waals surface area contributed by atoms with Gasteiger partial charge in [0.05, 0.1) is 4.47 Å². The summed E-state index contributed by atoms with van der Waals surface area (Å²) >= 11 is 3.37. The maximum absolute atomic E-state index is 6.09. The second-order valence-corrected chi connectivity index (χ2v) is 4.99. The van der Waals surface area contributed by atoms with Gasteiger partial charge in [0, 0.05) is 12.2 Å². The van der Waals surface area contributed by atoms with Crippen molar-refractivity contribution in [3.05, 3.63) is 17.0 Å². The predicted molar refractivity (Wildman–Crippen MR) is 65.2 cm³/mol.